The lowest BCUT2D eigenvalue weighted by molar-refractivity contribution is 0.303. The van der Waals surface area contributed by atoms with E-state index in [1.54, 1.807) is 6.07 Å². The van der Waals surface area contributed by atoms with Crippen molar-refractivity contribution in [2.24, 2.45) is 0 Å². The molecule has 0 N–H and O–H groups in total. The van der Waals surface area contributed by atoms with Crippen LogP contribution in [0.4, 0.5) is 0 Å². The van der Waals surface area contributed by atoms with E-state index in [9.17, 15) is 0 Å². The molecule has 92 valence electrons. The van der Waals surface area contributed by atoms with E-state index in [1.165, 1.54) is 0 Å². The topological polar surface area (TPSA) is 35.0 Å². The second kappa shape index (κ2) is 4.75. The number of rotatable bonds is 3. The normalized spacial score (nSPS) is 14.6. The third-order valence-electron chi connectivity index (χ3n) is 2.71. The predicted octanol–water partition coefficient (Wildman–Crippen LogP) is 3.99. The van der Waals surface area contributed by atoms with Gasteiger partial charge in [-0.3, -0.25) is 0 Å². The summed E-state index contributed by atoms with van der Waals surface area (Å²) < 4.78 is 5.68. The number of aromatic nitrogens is 2. The lowest BCUT2D eigenvalue weighted by Gasteiger charge is -2.06. The summed E-state index contributed by atoms with van der Waals surface area (Å²) in [7, 11) is 0. The summed E-state index contributed by atoms with van der Waals surface area (Å²) in [6.07, 6.45) is 2.70. The Balaban J connectivity index is 1.88. The molecule has 0 atom stereocenters. The van der Waals surface area contributed by atoms with E-state index in [4.69, 9.17) is 27.9 Å². The van der Waals surface area contributed by atoms with Crippen LogP contribution in [0.2, 0.25) is 10.3 Å². The molecular formula is C13H10Cl2N2O. The van der Waals surface area contributed by atoms with Gasteiger partial charge in [-0.2, -0.15) is 0 Å². The molecule has 1 aromatic carbocycles. The molecule has 5 heteroatoms. The van der Waals surface area contributed by atoms with Gasteiger partial charge in [0.25, 0.3) is 0 Å². The lowest BCUT2D eigenvalue weighted by atomic mass is 10.1. The van der Waals surface area contributed by atoms with E-state index in [-0.39, 0.29) is 0 Å². The number of benzene rings is 1. The fourth-order valence-corrected chi connectivity index (χ4v) is 2.00. The highest BCUT2D eigenvalue weighted by molar-refractivity contribution is 6.33. The van der Waals surface area contributed by atoms with Crippen molar-refractivity contribution in [3.63, 3.8) is 0 Å². The molecule has 0 amide bonds. The van der Waals surface area contributed by atoms with E-state index in [0.717, 1.165) is 29.7 Å². The number of hydrogen-bond acceptors (Lipinski definition) is 3. The van der Waals surface area contributed by atoms with Gasteiger partial charge in [0.1, 0.15) is 5.75 Å². The maximum absolute atomic E-state index is 6.00. The van der Waals surface area contributed by atoms with Crippen LogP contribution in [0.1, 0.15) is 12.8 Å². The molecule has 0 saturated heterocycles. The third kappa shape index (κ3) is 2.57. The highest BCUT2D eigenvalue weighted by atomic mass is 35.5. The van der Waals surface area contributed by atoms with Crippen LogP contribution in [0.15, 0.2) is 30.3 Å². The summed E-state index contributed by atoms with van der Waals surface area (Å²) in [5.74, 6) is 0.880. The molecule has 2 aromatic rings. The van der Waals surface area contributed by atoms with Gasteiger partial charge in [-0.25, -0.2) is 0 Å². The van der Waals surface area contributed by atoms with Crippen LogP contribution in [-0.2, 0) is 0 Å². The van der Waals surface area contributed by atoms with Gasteiger partial charge in [-0.15, -0.1) is 10.2 Å². The molecule has 0 aliphatic heterocycles. The van der Waals surface area contributed by atoms with Crippen LogP contribution in [0.3, 0.4) is 0 Å². The molecule has 3 rings (SSSR count). The summed E-state index contributed by atoms with van der Waals surface area (Å²) in [6, 6.07) is 9.44. The first kappa shape index (κ1) is 11.8. The van der Waals surface area contributed by atoms with Crippen molar-refractivity contribution in [1.29, 1.82) is 0 Å². The maximum atomic E-state index is 6.00. The first-order chi connectivity index (χ1) is 8.72. The number of halogens is 2. The zero-order valence-corrected chi connectivity index (χ0v) is 10.9. The molecule has 1 saturated carbocycles. The molecular weight excluding hydrogens is 271 g/mol. The Kier molecular flexibility index (Phi) is 3.10. The van der Waals surface area contributed by atoms with Gasteiger partial charge in [-0.1, -0.05) is 35.3 Å². The summed E-state index contributed by atoms with van der Waals surface area (Å²) in [4.78, 5) is 0. The SMILES string of the molecule is Clc1cc(-c2ccc(OC3CC3)cc2)c(Cl)nn1. The molecule has 0 radical (unpaired) electrons. The van der Waals surface area contributed by atoms with Crippen molar-refractivity contribution in [3.8, 4) is 16.9 Å². The summed E-state index contributed by atoms with van der Waals surface area (Å²) in [5.41, 5.74) is 1.72. The lowest BCUT2D eigenvalue weighted by Crippen LogP contribution is -1.95. The smallest absolute Gasteiger partial charge is 0.159 e. The molecule has 1 fully saturated rings. The van der Waals surface area contributed by atoms with E-state index in [0.29, 0.717) is 16.4 Å². The first-order valence-corrected chi connectivity index (χ1v) is 6.44. The zero-order chi connectivity index (χ0) is 12.5. The number of nitrogens with zero attached hydrogens (tertiary/aromatic N) is 2. The van der Waals surface area contributed by atoms with Crippen LogP contribution < -0.4 is 4.74 Å². The standard InChI is InChI=1S/C13H10Cl2N2O/c14-12-7-11(13(15)17-16-12)8-1-3-9(4-2-8)18-10-5-6-10/h1-4,7,10H,5-6H2. The summed E-state index contributed by atoms with van der Waals surface area (Å²) >= 11 is 11.8. The third-order valence-corrected chi connectivity index (χ3v) is 3.18. The van der Waals surface area contributed by atoms with Gasteiger partial charge in [0, 0.05) is 5.56 Å². The van der Waals surface area contributed by atoms with Crippen LogP contribution in [0.25, 0.3) is 11.1 Å². The fourth-order valence-electron chi connectivity index (χ4n) is 1.65. The molecule has 0 bridgehead atoms. The van der Waals surface area contributed by atoms with Crippen LogP contribution in [-0.4, -0.2) is 16.3 Å². The number of hydrogen-bond donors (Lipinski definition) is 0. The van der Waals surface area contributed by atoms with Crippen molar-refractivity contribution in [3.05, 3.63) is 40.6 Å². The minimum absolute atomic E-state index is 0.327. The molecule has 18 heavy (non-hydrogen) atoms. The molecule has 1 heterocycles. The van der Waals surface area contributed by atoms with Gasteiger partial charge in [-0.05, 0) is 36.6 Å². The quantitative estimate of drug-likeness (QED) is 0.853. The summed E-state index contributed by atoms with van der Waals surface area (Å²) in [6.45, 7) is 0. The number of ether oxygens (including phenoxy) is 1. The Hall–Kier alpha value is -1.32. The van der Waals surface area contributed by atoms with Crippen molar-refractivity contribution in [2.45, 2.75) is 18.9 Å². The highest BCUT2D eigenvalue weighted by Crippen LogP contribution is 2.31. The second-order valence-electron chi connectivity index (χ2n) is 4.21. The van der Waals surface area contributed by atoms with Crippen LogP contribution >= 0.6 is 23.2 Å². The predicted molar refractivity (Wildman–Crippen MR) is 71.1 cm³/mol. The van der Waals surface area contributed by atoms with Gasteiger partial charge >= 0.3 is 0 Å². The Labute approximate surface area is 115 Å². The van der Waals surface area contributed by atoms with Crippen LogP contribution in [0, 0.1) is 0 Å². The Morgan fingerprint density at radius 2 is 1.78 bits per heavy atom. The van der Waals surface area contributed by atoms with E-state index in [1.807, 2.05) is 24.3 Å². The molecule has 1 aliphatic rings. The van der Waals surface area contributed by atoms with Crippen LogP contribution in [0.5, 0.6) is 5.75 Å². The van der Waals surface area contributed by atoms with E-state index in [2.05, 4.69) is 10.2 Å². The van der Waals surface area contributed by atoms with Gasteiger partial charge in [0.05, 0.1) is 6.10 Å². The highest BCUT2D eigenvalue weighted by Gasteiger charge is 2.23. The van der Waals surface area contributed by atoms with Crippen molar-refractivity contribution >= 4 is 23.2 Å². The van der Waals surface area contributed by atoms with Gasteiger partial charge < -0.3 is 4.74 Å². The Morgan fingerprint density at radius 1 is 1.06 bits per heavy atom. The Bertz CT molecular complexity index is 568. The molecule has 3 nitrogen and oxygen atoms in total. The zero-order valence-electron chi connectivity index (χ0n) is 9.44. The average Bonchev–Trinajstić information content (AvgIpc) is 3.17. The van der Waals surface area contributed by atoms with Crippen molar-refractivity contribution < 1.29 is 4.74 Å². The Morgan fingerprint density at radius 3 is 2.44 bits per heavy atom. The average molecular weight is 281 g/mol. The maximum Gasteiger partial charge on any atom is 0.159 e. The largest absolute Gasteiger partial charge is 0.490 e. The second-order valence-corrected chi connectivity index (χ2v) is 4.96. The molecule has 1 aromatic heterocycles. The van der Waals surface area contributed by atoms with Gasteiger partial charge in [0.15, 0.2) is 10.3 Å². The molecule has 1 aliphatic carbocycles. The van der Waals surface area contributed by atoms with Crippen molar-refractivity contribution in [1.82, 2.24) is 10.2 Å². The minimum Gasteiger partial charge on any atom is -0.490 e. The first-order valence-electron chi connectivity index (χ1n) is 5.68. The van der Waals surface area contributed by atoms with Gasteiger partial charge in [0.2, 0.25) is 0 Å². The summed E-state index contributed by atoms with van der Waals surface area (Å²) in [5, 5.41) is 8.15. The van der Waals surface area contributed by atoms with E-state index >= 15 is 0 Å². The molecule has 0 spiro atoms. The minimum atomic E-state index is 0.327. The monoisotopic (exact) mass is 280 g/mol. The van der Waals surface area contributed by atoms with E-state index < -0.39 is 0 Å². The fraction of sp³-hybridized carbons (Fsp3) is 0.231. The van der Waals surface area contributed by atoms with Crippen molar-refractivity contribution in [2.75, 3.05) is 0 Å². The molecule has 0 unspecified atom stereocenters.